The molecule has 5 nitrogen and oxygen atoms in total. The molecule has 0 aliphatic carbocycles. The number of fused-ring (bicyclic) bond motifs is 1. The summed E-state index contributed by atoms with van der Waals surface area (Å²) >= 11 is 5.77. The third-order valence-corrected chi connectivity index (χ3v) is 3.18. The summed E-state index contributed by atoms with van der Waals surface area (Å²) in [5, 5.41) is 15.5. The van der Waals surface area contributed by atoms with Gasteiger partial charge in [0.25, 0.3) is 0 Å². The zero-order chi connectivity index (χ0) is 13.9. The molecule has 0 bridgehead atoms. The summed E-state index contributed by atoms with van der Waals surface area (Å²) in [7, 11) is 0. The van der Waals surface area contributed by atoms with Crippen molar-refractivity contribution in [2.45, 2.75) is 12.6 Å². The first kappa shape index (κ1) is 13.0. The number of hydrogen-bond acceptors (Lipinski definition) is 3. The molecular formula is C14H14ClN3O2. The largest absolute Gasteiger partial charge is 0.490 e. The van der Waals surface area contributed by atoms with Crippen LogP contribution in [0, 0.1) is 0 Å². The summed E-state index contributed by atoms with van der Waals surface area (Å²) in [5.74, 6) is 0.751. The monoisotopic (exact) mass is 291 g/mol. The maximum Gasteiger partial charge on any atom is 0.128 e. The van der Waals surface area contributed by atoms with Gasteiger partial charge in [0.05, 0.1) is 17.8 Å². The number of halogens is 1. The van der Waals surface area contributed by atoms with Crippen LogP contribution >= 0.6 is 11.6 Å². The van der Waals surface area contributed by atoms with Crippen molar-refractivity contribution in [2.24, 2.45) is 0 Å². The zero-order valence-electron chi connectivity index (χ0n) is 10.7. The van der Waals surface area contributed by atoms with E-state index in [0.29, 0.717) is 11.6 Å². The van der Waals surface area contributed by atoms with E-state index in [2.05, 4.69) is 10.1 Å². The maximum absolute atomic E-state index is 9.96. The topological polar surface area (TPSA) is 63.1 Å². The average Bonchev–Trinajstić information content (AvgIpc) is 3.05. The van der Waals surface area contributed by atoms with Gasteiger partial charge in [-0.25, -0.2) is 0 Å². The Hall–Kier alpha value is -1.98. The Morgan fingerprint density at radius 3 is 3.10 bits per heavy atom. The summed E-state index contributed by atoms with van der Waals surface area (Å²) in [6.45, 7) is 0.539. The molecule has 6 heteroatoms. The second-order valence-corrected chi connectivity index (χ2v) is 4.98. The van der Waals surface area contributed by atoms with Crippen LogP contribution in [0.15, 0.2) is 42.9 Å². The fourth-order valence-electron chi connectivity index (χ4n) is 2.08. The van der Waals surface area contributed by atoms with Crippen molar-refractivity contribution in [1.82, 2.24) is 14.8 Å². The van der Waals surface area contributed by atoms with Gasteiger partial charge in [-0.05, 0) is 18.2 Å². The molecule has 0 spiro atoms. The second-order valence-electron chi connectivity index (χ2n) is 4.54. The van der Waals surface area contributed by atoms with E-state index in [-0.39, 0.29) is 6.61 Å². The van der Waals surface area contributed by atoms with Crippen molar-refractivity contribution in [3.05, 3.63) is 47.9 Å². The summed E-state index contributed by atoms with van der Waals surface area (Å²) in [6, 6.07) is 7.72. The van der Waals surface area contributed by atoms with Crippen molar-refractivity contribution >= 4 is 22.5 Å². The minimum atomic E-state index is -0.653. The molecule has 1 atom stereocenters. The van der Waals surface area contributed by atoms with Crippen molar-refractivity contribution in [3.63, 3.8) is 0 Å². The quantitative estimate of drug-likeness (QED) is 0.759. The number of nitrogens with zero attached hydrogens (tertiary/aromatic N) is 2. The number of aliphatic hydroxyl groups is 1. The van der Waals surface area contributed by atoms with Gasteiger partial charge in [-0.15, -0.1) is 0 Å². The first-order valence-corrected chi connectivity index (χ1v) is 6.65. The third-order valence-electron chi connectivity index (χ3n) is 2.99. The summed E-state index contributed by atoms with van der Waals surface area (Å²) in [6.07, 6.45) is 4.41. The predicted molar refractivity (Wildman–Crippen MR) is 77.0 cm³/mol. The Bertz CT molecular complexity index is 707. The molecule has 104 valence electrons. The van der Waals surface area contributed by atoms with Gasteiger partial charge in [-0.3, -0.25) is 4.68 Å². The molecule has 0 aliphatic rings. The summed E-state index contributed by atoms with van der Waals surface area (Å²) in [5.41, 5.74) is 1.01. The molecule has 3 aromatic rings. The van der Waals surface area contributed by atoms with Crippen LogP contribution in [0.2, 0.25) is 5.02 Å². The lowest BCUT2D eigenvalue weighted by atomic mass is 10.2. The number of aliphatic hydroxyl groups excluding tert-OH is 1. The van der Waals surface area contributed by atoms with E-state index in [1.807, 2.05) is 30.5 Å². The highest BCUT2D eigenvalue weighted by molar-refractivity contribution is 6.30. The van der Waals surface area contributed by atoms with Crippen LogP contribution in [0.4, 0.5) is 0 Å². The van der Waals surface area contributed by atoms with Crippen molar-refractivity contribution in [1.29, 1.82) is 0 Å². The van der Waals surface area contributed by atoms with Crippen molar-refractivity contribution in [3.8, 4) is 5.75 Å². The van der Waals surface area contributed by atoms with Crippen molar-refractivity contribution in [2.75, 3.05) is 6.61 Å². The van der Waals surface area contributed by atoms with E-state index in [1.165, 1.54) is 6.20 Å². The highest BCUT2D eigenvalue weighted by Gasteiger charge is 2.09. The molecule has 0 saturated carbocycles. The van der Waals surface area contributed by atoms with E-state index in [1.54, 1.807) is 10.9 Å². The Morgan fingerprint density at radius 2 is 2.30 bits per heavy atom. The highest BCUT2D eigenvalue weighted by Crippen LogP contribution is 2.24. The average molecular weight is 292 g/mol. The molecule has 2 heterocycles. The molecule has 1 aromatic carbocycles. The Kier molecular flexibility index (Phi) is 3.62. The molecule has 0 fully saturated rings. The smallest absolute Gasteiger partial charge is 0.128 e. The van der Waals surface area contributed by atoms with Crippen LogP contribution in [0.3, 0.4) is 0 Å². The standard InChI is InChI=1S/C14H14ClN3O2/c15-10-6-17-18(7-10)8-11(19)9-20-14-3-1-2-13-12(14)4-5-16-13/h1-7,11,16,19H,8-9H2. The van der Waals surface area contributed by atoms with Gasteiger partial charge < -0.3 is 14.8 Å². The molecule has 2 aromatic heterocycles. The molecule has 3 rings (SSSR count). The fourth-order valence-corrected chi connectivity index (χ4v) is 2.23. The first-order chi connectivity index (χ1) is 9.72. The summed E-state index contributed by atoms with van der Waals surface area (Å²) < 4.78 is 7.26. The van der Waals surface area contributed by atoms with Gasteiger partial charge in [-0.2, -0.15) is 5.10 Å². The molecule has 1 unspecified atom stereocenters. The van der Waals surface area contributed by atoms with Crippen LogP contribution < -0.4 is 4.74 Å². The SMILES string of the molecule is OC(COc1cccc2[nH]ccc12)Cn1cc(Cl)cn1. The molecule has 20 heavy (non-hydrogen) atoms. The molecule has 0 aliphatic heterocycles. The van der Waals surface area contributed by atoms with Crippen LogP contribution in [0.5, 0.6) is 5.75 Å². The number of benzene rings is 1. The number of ether oxygens (including phenoxy) is 1. The molecule has 2 N–H and O–H groups in total. The zero-order valence-corrected chi connectivity index (χ0v) is 11.4. The van der Waals surface area contributed by atoms with E-state index in [0.717, 1.165) is 16.7 Å². The van der Waals surface area contributed by atoms with Crippen molar-refractivity contribution < 1.29 is 9.84 Å². The highest BCUT2D eigenvalue weighted by atomic mass is 35.5. The normalized spacial score (nSPS) is 12.7. The molecule has 0 saturated heterocycles. The van der Waals surface area contributed by atoms with Gasteiger partial charge in [0.15, 0.2) is 0 Å². The van der Waals surface area contributed by atoms with Gasteiger partial charge in [0.2, 0.25) is 0 Å². The minimum absolute atomic E-state index is 0.196. The third kappa shape index (κ3) is 2.79. The van der Waals surface area contributed by atoms with Gasteiger partial charge >= 0.3 is 0 Å². The second kappa shape index (κ2) is 5.56. The Balaban J connectivity index is 1.62. The maximum atomic E-state index is 9.96. The van der Waals surface area contributed by atoms with E-state index < -0.39 is 6.10 Å². The Morgan fingerprint density at radius 1 is 1.40 bits per heavy atom. The summed E-state index contributed by atoms with van der Waals surface area (Å²) in [4.78, 5) is 3.12. The van der Waals surface area contributed by atoms with Crippen LogP contribution in [0.25, 0.3) is 10.9 Å². The van der Waals surface area contributed by atoms with Crippen LogP contribution in [-0.4, -0.2) is 32.6 Å². The number of H-pyrrole nitrogens is 1. The van der Waals surface area contributed by atoms with Gasteiger partial charge in [-0.1, -0.05) is 17.7 Å². The lowest BCUT2D eigenvalue weighted by Gasteiger charge is -2.13. The Labute approximate surface area is 120 Å². The molecular weight excluding hydrogens is 278 g/mol. The lowest BCUT2D eigenvalue weighted by Crippen LogP contribution is -2.23. The van der Waals surface area contributed by atoms with Gasteiger partial charge in [0, 0.05) is 23.3 Å². The molecule has 0 radical (unpaired) electrons. The van der Waals surface area contributed by atoms with E-state index >= 15 is 0 Å². The lowest BCUT2D eigenvalue weighted by molar-refractivity contribution is 0.0901. The van der Waals surface area contributed by atoms with Gasteiger partial charge in [0.1, 0.15) is 18.5 Å². The number of rotatable bonds is 5. The van der Waals surface area contributed by atoms with E-state index in [4.69, 9.17) is 16.3 Å². The van der Waals surface area contributed by atoms with Crippen LogP contribution in [0.1, 0.15) is 0 Å². The number of aromatic nitrogens is 3. The fraction of sp³-hybridized carbons (Fsp3) is 0.214. The number of nitrogens with one attached hydrogen (secondary N) is 1. The van der Waals surface area contributed by atoms with Crippen LogP contribution in [-0.2, 0) is 6.54 Å². The first-order valence-electron chi connectivity index (χ1n) is 6.27. The van der Waals surface area contributed by atoms with E-state index in [9.17, 15) is 5.11 Å². The molecule has 0 amide bonds. The minimum Gasteiger partial charge on any atom is -0.490 e. The number of aromatic amines is 1. The predicted octanol–water partition coefficient (Wildman–Crippen LogP) is 2.46. The number of hydrogen-bond donors (Lipinski definition) is 2.